The second kappa shape index (κ2) is 5.36. The Labute approximate surface area is 124 Å². The molecule has 0 bridgehead atoms. The number of hydrogen-bond acceptors (Lipinski definition) is 3. The summed E-state index contributed by atoms with van der Waals surface area (Å²) in [6.07, 6.45) is 2.53. The van der Waals surface area contributed by atoms with Gasteiger partial charge in [0.25, 0.3) is 5.56 Å². The van der Waals surface area contributed by atoms with Crippen molar-refractivity contribution < 1.29 is 14.7 Å². The lowest BCUT2D eigenvalue weighted by Gasteiger charge is -2.05. The van der Waals surface area contributed by atoms with Crippen LogP contribution in [0.3, 0.4) is 0 Å². The number of carbonyl (C=O) groups excluding carboxylic acids is 1. The Bertz CT molecular complexity index is 939. The van der Waals surface area contributed by atoms with Crippen molar-refractivity contribution in [3.63, 3.8) is 0 Å². The van der Waals surface area contributed by atoms with E-state index >= 15 is 0 Å². The average Bonchev–Trinajstić information content (AvgIpc) is 2.91. The van der Waals surface area contributed by atoms with Crippen LogP contribution in [0.4, 0.5) is 5.69 Å². The zero-order chi connectivity index (χ0) is 15.7. The number of rotatable bonds is 5. The van der Waals surface area contributed by atoms with Gasteiger partial charge in [-0.25, -0.2) is 0 Å². The number of hydrogen-bond donors (Lipinski definition) is 4. The van der Waals surface area contributed by atoms with Crippen LogP contribution in [-0.4, -0.2) is 27.5 Å². The number of aliphatic carboxylic acids is 1. The first-order valence-electron chi connectivity index (χ1n) is 6.68. The van der Waals surface area contributed by atoms with E-state index in [0.29, 0.717) is 34.9 Å². The van der Waals surface area contributed by atoms with Crippen molar-refractivity contribution in [1.82, 2.24) is 9.97 Å². The quantitative estimate of drug-likeness (QED) is 0.535. The minimum absolute atomic E-state index is 0.0203. The van der Waals surface area contributed by atoms with Crippen LogP contribution < -0.4 is 10.9 Å². The standard InChI is InChI=1S/C15H13N3O4/c19-7-17-9-2-3-11-10(5-9)13-8(1-4-12(20)21)6-16-14(13)15(22)18-11/h2-3,5-7,16H,1,4H2,(H,17,19)(H,18,22)(H,20,21). The molecule has 3 aromatic rings. The smallest absolute Gasteiger partial charge is 0.303 e. The summed E-state index contributed by atoms with van der Waals surface area (Å²) in [4.78, 5) is 39.1. The number of carboxylic acid groups (broad SMARTS) is 1. The molecule has 2 aromatic heterocycles. The van der Waals surface area contributed by atoms with Crippen LogP contribution in [0.25, 0.3) is 21.8 Å². The van der Waals surface area contributed by atoms with Crippen molar-refractivity contribution >= 4 is 39.9 Å². The minimum atomic E-state index is -0.896. The number of anilines is 1. The largest absolute Gasteiger partial charge is 0.481 e. The molecule has 0 atom stereocenters. The van der Waals surface area contributed by atoms with Gasteiger partial charge in [-0.05, 0) is 30.2 Å². The van der Waals surface area contributed by atoms with Crippen LogP contribution in [0.5, 0.6) is 0 Å². The molecule has 7 heteroatoms. The van der Waals surface area contributed by atoms with Gasteiger partial charge in [0.05, 0.1) is 0 Å². The van der Waals surface area contributed by atoms with Gasteiger partial charge in [0.15, 0.2) is 0 Å². The first-order valence-corrected chi connectivity index (χ1v) is 6.68. The third-order valence-electron chi connectivity index (χ3n) is 3.56. The number of aromatic nitrogens is 2. The molecule has 0 fully saturated rings. The Balaban J connectivity index is 2.27. The maximum Gasteiger partial charge on any atom is 0.303 e. The monoisotopic (exact) mass is 299 g/mol. The molecule has 0 saturated heterocycles. The van der Waals surface area contributed by atoms with Crippen LogP contribution in [0.1, 0.15) is 12.0 Å². The van der Waals surface area contributed by atoms with E-state index in [1.807, 2.05) is 0 Å². The Kier molecular flexibility index (Phi) is 3.38. The van der Waals surface area contributed by atoms with Crippen molar-refractivity contribution in [2.24, 2.45) is 0 Å². The summed E-state index contributed by atoms with van der Waals surface area (Å²) < 4.78 is 0. The summed E-state index contributed by atoms with van der Waals surface area (Å²) in [5, 5.41) is 12.8. The molecule has 112 valence electrons. The summed E-state index contributed by atoms with van der Waals surface area (Å²) in [6, 6.07) is 5.14. The van der Waals surface area contributed by atoms with E-state index in [9.17, 15) is 14.4 Å². The number of carboxylic acids is 1. The second-order valence-electron chi connectivity index (χ2n) is 4.93. The molecular formula is C15H13N3O4. The minimum Gasteiger partial charge on any atom is -0.481 e. The molecule has 0 aliphatic rings. The highest BCUT2D eigenvalue weighted by Gasteiger charge is 2.13. The lowest BCUT2D eigenvalue weighted by molar-refractivity contribution is -0.136. The van der Waals surface area contributed by atoms with Gasteiger partial charge in [-0.15, -0.1) is 0 Å². The highest BCUT2D eigenvalue weighted by Crippen LogP contribution is 2.27. The molecule has 22 heavy (non-hydrogen) atoms. The first kappa shape index (κ1) is 13.9. The van der Waals surface area contributed by atoms with Crippen molar-refractivity contribution in [3.05, 3.63) is 40.3 Å². The van der Waals surface area contributed by atoms with Gasteiger partial charge in [0, 0.05) is 34.6 Å². The summed E-state index contributed by atoms with van der Waals surface area (Å²) in [6.45, 7) is 0. The average molecular weight is 299 g/mol. The number of carbonyl (C=O) groups is 2. The van der Waals surface area contributed by atoms with Gasteiger partial charge in [0.2, 0.25) is 6.41 Å². The van der Waals surface area contributed by atoms with Crippen molar-refractivity contribution in [1.29, 1.82) is 0 Å². The lowest BCUT2D eigenvalue weighted by Crippen LogP contribution is -2.07. The van der Waals surface area contributed by atoms with Crippen molar-refractivity contribution in [3.8, 4) is 0 Å². The highest BCUT2D eigenvalue weighted by molar-refractivity contribution is 6.07. The van der Waals surface area contributed by atoms with Crippen LogP contribution in [-0.2, 0) is 16.0 Å². The van der Waals surface area contributed by atoms with Crippen LogP contribution >= 0.6 is 0 Å². The molecular weight excluding hydrogens is 286 g/mol. The lowest BCUT2D eigenvalue weighted by atomic mass is 10.0. The van der Waals surface area contributed by atoms with Crippen LogP contribution in [0.15, 0.2) is 29.2 Å². The topological polar surface area (TPSA) is 115 Å². The van der Waals surface area contributed by atoms with E-state index in [1.165, 1.54) is 0 Å². The summed E-state index contributed by atoms with van der Waals surface area (Å²) >= 11 is 0. The number of benzene rings is 1. The fraction of sp³-hybridized carbons (Fsp3) is 0.133. The van der Waals surface area contributed by atoms with E-state index in [0.717, 1.165) is 10.9 Å². The Morgan fingerprint density at radius 1 is 1.36 bits per heavy atom. The Morgan fingerprint density at radius 3 is 2.91 bits per heavy atom. The molecule has 3 rings (SSSR count). The molecule has 0 aliphatic heterocycles. The van der Waals surface area contributed by atoms with E-state index in [2.05, 4.69) is 15.3 Å². The molecule has 0 aliphatic carbocycles. The zero-order valence-corrected chi connectivity index (χ0v) is 11.5. The predicted molar refractivity (Wildman–Crippen MR) is 82.1 cm³/mol. The van der Waals surface area contributed by atoms with E-state index in [1.54, 1.807) is 24.4 Å². The summed E-state index contributed by atoms with van der Waals surface area (Å²) in [7, 11) is 0. The van der Waals surface area contributed by atoms with Crippen molar-refractivity contribution in [2.75, 3.05) is 5.32 Å². The highest BCUT2D eigenvalue weighted by atomic mass is 16.4. The number of H-pyrrole nitrogens is 2. The Morgan fingerprint density at radius 2 is 2.18 bits per heavy atom. The molecule has 0 saturated carbocycles. The zero-order valence-electron chi connectivity index (χ0n) is 11.5. The molecule has 4 N–H and O–H groups in total. The van der Waals surface area contributed by atoms with Gasteiger partial charge in [-0.1, -0.05) is 0 Å². The SMILES string of the molecule is O=CNc1ccc2[nH]c(=O)c3[nH]cc(CCC(=O)O)c3c2c1. The molecule has 0 unspecified atom stereocenters. The van der Waals surface area contributed by atoms with Gasteiger partial charge in [0.1, 0.15) is 5.52 Å². The number of nitrogens with one attached hydrogen (secondary N) is 3. The van der Waals surface area contributed by atoms with Gasteiger partial charge in [-0.2, -0.15) is 0 Å². The van der Waals surface area contributed by atoms with E-state index in [-0.39, 0.29) is 12.0 Å². The second-order valence-corrected chi connectivity index (χ2v) is 4.93. The molecule has 2 heterocycles. The first-order chi connectivity index (χ1) is 10.6. The third-order valence-corrected chi connectivity index (χ3v) is 3.56. The number of pyridine rings is 1. The Hall–Kier alpha value is -3.09. The van der Waals surface area contributed by atoms with Crippen molar-refractivity contribution in [2.45, 2.75) is 12.8 Å². The number of aromatic amines is 2. The maximum atomic E-state index is 12.1. The van der Waals surface area contributed by atoms with Gasteiger partial charge >= 0.3 is 5.97 Å². The van der Waals surface area contributed by atoms with Gasteiger partial charge in [-0.3, -0.25) is 14.4 Å². The molecule has 1 aromatic carbocycles. The fourth-order valence-electron chi connectivity index (χ4n) is 2.59. The molecule has 7 nitrogen and oxygen atoms in total. The predicted octanol–water partition coefficient (Wildman–Crippen LogP) is 1.59. The summed E-state index contributed by atoms with van der Waals surface area (Å²) in [5.41, 5.74) is 2.12. The van der Waals surface area contributed by atoms with Gasteiger partial charge < -0.3 is 20.4 Å². The van der Waals surface area contributed by atoms with E-state index < -0.39 is 5.97 Å². The number of fused-ring (bicyclic) bond motifs is 3. The van der Waals surface area contributed by atoms with Crippen LogP contribution in [0, 0.1) is 0 Å². The molecule has 1 amide bonds. The molecule has 0 spiro atoms. The van der Waals surface area contributed by atoms with E-state index in [4.69, 9.17) is 5.11 Å². The number of aryl methyl sites for hydroxylation is 1. The molecule has 0 radical (unpaired) electrons. The normalized spacial score (nSPS) is 10.9. The maximum absolute atomic E-state index is 12.1. The third kappa shape index (κ3) is 2.32. The summed E-state index contributed by atoms with van der Waals surface area (Å²) in [5.74, 6) is -0.896. The van der Waals surface area contributed by atoms with Crippen LogP contribution in [0.2, 0.25) is 0 Å². The number of amides is 1. The fourth-order valence-corrected chi connectivity index (χ4v) is 2.59.